The largest absolute Gasteiger partial charge is 0.466 e. The molecule has 0 saturated heterocycles. The zero-order chi connectivity index (χ0) is 18.4. The topological polar surface area (TPSA) is 46.5 Å². The van der Waals surface area contributed by atoms with Gasteiger partial charge in [-0.05, 0) is 19.3 Å². The van der Waals surface area contributed by atoms with Gasteiger partial charge in [-0.1, -0.05) is 96.8 Å². The SMILES string of the molecule is CCCCCCCCCCCC(=O)OCCCCCCCCCCO. The van der Waals surface area contributed by atoms with E-state index in [9.17, 15) is 4.79 Å². The van der Waals surface area contributed by atoms with Crippen LogP contribution in [0.4, 0.5) is 0 Å². The molecule has 0 spiro atoms. The number of ether oxygens (including phenoxy) is 1. The molecule has 0 atom stereocenters. The lowest BCUT2D eigenvalue weighted by molar-refractivity contribution is -0.143. The molecule has 0 bridgehead atoms. The van der Waals surface area contributed by atoms with Crippen LogP contribution in [0.2, 0.25) is 0 Å². The normalized spacial score (nSPS) is 11.0. The lowest BCUT2D eigenvalue weighted by atomic mass is 10.1. The highest BCUT2D eigenvalue weighted by atomic mass is 16.5. The summed E-state index contributed by atoms with van der Waals surface area (Å²) in [7, 11) is 0. The van der Waals surface area contributed by atoms with Gasteiger partial charge in [-0.25, -0.2) is 0 Å². The van der Waals surface area contributed by atoms with E-state index < -0.39 is 0 Å². The van der Waals surface area contributed by atoms with Crippen molar-refractivity contribution in [2.24, 2.45) is 0 Å². The van der Waals surface area contributed by atoms with Gasteiger partial charge in [0.2, 0.25) is 0 Å². The fourth-order valence-electron chi connectivity index (χ4n) is 3.11. The van der Waals surface area contributed by atoms with E-state index in [0.29, 0.717) is 19.6 Å². The minimum absolute atomic E-state index is 0.00745. The summed E-state index contributed by atoms with van der Waals surface area (Å²) < 4.78 is 5.31. The molecule has 0 aliphatic rings. The molecule has 25 heavy (non-hydrogen) atoms. The number of rotatable bonds is 20. The van der Waals surface area contributed by atoms with Crippen molar-refractivity contribution in [3.63, 3.8) is 0 Å². The van der Waals surface area contributed by atoms with Gasteiger partial charge in [0, 0.05) is 13.0 Å². The maximum absolute atomic E-state index is 11.6. The van der Waals surface area contributed by atoms with Crippen molar-refractivity contribution in [2.75, 3.05) is 13.2 Å². The van der Waals surface area contributed by atoms with Crippen LogP contribution in [0.5, 0.6) is 0 Å². The van der Waals surface area contributed by atoms with E-state index in [0.717, 1.165) is 32.1 Å². The van der Waals surface area contributed by atoms with Crippen LogP contribution in [-0.2, 0) is 9.53 Å². The summed E-state index contributed by atoms with van der Waals surface area (Å²) in [5.41, 5.74) is 0. The van der Waals surface area contributed by atoms with Crippen LogP contribution < -0.4 is 0 Å². The minimum atomic E-state index is -0.00745. The van der Waals surface area contributed by atoms with Gasteiger partial charge in [-0.3, -0.25) is 4.79 Å². The first kappa shape index (κ1) is 24.4. The number of esters is 1. The van der Waals surface area contributed by atoms with Crippen LogP contribution in [-0.4, -0.2) is 24.3 Å². The first-order chi connectivity index (χ1) is 12.3. The highest BCUT2D eigenvalue weighted by Gasteiger charge is 2.02. The Labute approximate surface area is 156 Å². The molecule has 0 aromatic heterocycles. The highest BCUT2D eigenvalue weighted by molar-refractivity contribution is 5.69. The van der Waals surface area contributed by atoms with Crippen LogP contribution in [0, 0.1) is 0 Å². The highest BCUT2D eigenvalue weighted by Crippen LogP contribution is 2.11. The van der Waals surface area contributed by atoms with Crippen molar-refractivity contribution < 1.29 is 14.6 Å². The zero-order valence-corrected chi connectivity index (χ0v) is 16.9. The Morgan fingerprint density at radius 2 is 1.08 bits per heavy atom. The molecule has 3 heteroatoms. The third kappa shape index (κ3) is 21.4. The summed E-state index contributed by atoms with van der Waals surface area (Å²) in [5, 5.41) is 8.70. The van der Waals surface area contributed by atoms with Crippen LogP contribution in [0.15, 0.2) is 0 Å². The molecule has 0 saturated carbocycles. The van der Waals surface area contributed by atoms with Crippen LogP contribution in [0.25, 0.3) is 0 Å². The monoisotopic (exact) mass is 356 g/mol. The average Bonchev–Trinajstić information content (AvgIpc) is 2.62. The van der Waals surface area contributed by atoms with E-state index in [4.69, 9.17) is 9.84 Å². The Kier molecular flexibility index (Phi) is 21.0. The molecule has 0 heterocycles. The number of aliphatic hydroxyl groups is 1. The Balaban J connectivity index is 3.13. The summed E-state index contributed by atoms with van der Waals surface area (Å²) in [6.07, 6.45) is 21.4. The fraction of sp³-hybridized carbons (Fsp3) is 0.955. The Morgan fingerprint density at radius 1 is 0.640 bits per heavy atom. The van der Waals surface area contributed by atoms with Crippen molar-refractivity contribution in [1.82, 2.24) is 0 Å². The lowest BCUT2D eigenvalue weighted by Crippen LogP contribution is -2.05. The van der Waals surface area contributed by atoms with Gasteiger partial charge >= 0.3 is 5.97 Å². The minimum Gasteiger partial charge on any atom is -0.466 e. The number of aliphatic hydroxyl groups excluding tert-OH is 1. The van der Waals surface area contributed by atoms with Crippen molar-refractivity contribution >= 4 is 5.97 Å². The van der Waals surface area contributed by atoms with Gasteiger partial charge in [0.25, 0.3) is 0 Å². The molecular formula is C22H44O3. The molecule has 0 fully saturated rings. The smallest absolute Gasteiger partial charge is 0.305 e. The predicted molar refractivity (Wildman–Crippen MR) is 107 cm³/mol. The fourth-order valence-corrected chi connectivity index (χ4v) is 3.11. The molecule has 0 radical (unpaired) electrons. The van der Waals surface area contributed by atoms with Crippen LogP contribution in [0.3, 0.4) is 0 Å². The van der Waals surface area contributed by atoms with Gasteiger partial charge in [-0.15, -0.1) is 0 Å². The second-order valence-electron chi connectivity index (χ2n) is 7.35. The lowest BCUT2D eigenvalue weighted by Gasteiger charge is -2.05. The second kappa shape index (κ2) is 21.5. The Morgan fingerprint density at radius 3 is 1.60 bits per heavy atom. The van der Waals surface area contributed by atoms with Crippen molar-refractivity contribution in [3.8, 4) is 0 Å². The number of hydrogen-bond donors (Lipinski definition) is 1. The van der Waals surface area contributed by atoms with E-state index in [1.54, 1.807) is 0 Å². The molecule has 0 aliphatic carbocycles. The third-order valence-corrected chi connectivity index (χ3v) is 4.80. The van der Waals surface area contributed by atoms with E-state index in [1.807, 2.05) is 0 Å². The van der Waals surface area contributed by atoms with Gasteiger partial charge in [0.15, 0.2) is 0 Å². The molecule has 0 aromatic rings. The van der Waals surface area contributed by atoms with Gasteiger partial charge in [0.05, 0.1) is 6.61 Å². The molecule has 150 valence electrons. The molecule has 0 aromatic carbocycles. The van der Waals surface area contributed by atoms with Gasteiger partial charge in [0.1, 0.15) is 0 Å². The zero-order valence-electron chi connectivity index (χ0n) is 16.9. The van der Waals surface area contributed by atoms with Crippen molar-refractivity contribution in [3.05, 3.63) is 0 Å². The number of carbonyl (C=O) groups excluding carboxylic acids is 1. The Bertz CT molecular complexity index is 266. The van der Waals surface area contributed by atoms with Gasteiger partial charge < -0.3 is 9.84 Å². The molecule has 0 aliphatic heterocycles. The number of unbranched alkanes of at least 4 members (excludes halogenated alkanes) is 15. The first-order valence-electron chi connectivity index (χ1n) is 11.1. The number of hydrogen-bond acceptors (Lipinski definition) is 3. The quantitative estimate of drug-likeness (QED) is 0.198. The first-order valence-corrected chi connectivity index (χ1v) is 11.1. The van der Waals surface area contributed by atoms with E-state index >= 15 is 0 Å². The molecule has 1 N–H and O–H groups in total. The summed E-state index contributed by atoms with van der Waals surface area (Å²) >= 11 is 0. The molecule has 0 rings (SSSR count). The summed E-state index contributed by atoms with van der Waals surface area (Å²) in [5.74, 6) is -0.00745. The maximum atomic E-state index is 11.6. The van der Waals surface area contributed by atoms with E-state index in [-0.39, 0.29) is 5.97 Å². The predicted octanol–water partition coefficient (Wildman–Crippen LogP) is 6.56. The average molecular weight is 357 g/mol. The van der Waals surface area contributed by atoms with Crippen LogP contribution in [0.1, 0.15) is 122 Å². The molecule has 0 amide bonds. The Hall–Kier alpha value is -0.570. The van der Waals surface area contributed by atoms with Crippen molar-refractivity contribution in [1.29, 1.82) is 0 Å². The summed E-state index contributed by atoms with van der Waals surface area (Å²) in [6.45, 7) is 3.17. The van der Waals surface area contributed by atoms with E-state index in [2.05, 4.69) is 6.92 Å². The standard InChI is InChI=1S/C22H44O3/c1-2-3-4-5-6-7-10-13-16-19-22(24)25-21-18-15-12-9-8-11-14-17-20-23/h23H,2-21H2,1H3. The molecule has 0 unspecified atom stereocenters. The maximum Gasteiger partial charge on any atom is 0.305 e. The van der Waals surface area contributed by atoms with Crippen molar-refractivity contribution in [2.45, 2.75) is 122 Å². The third-order valence-electron chi connectivity index (χ3n) is 4.80. The van der Waals surface area contributed by atoms with Gasteiger partial charge in [-0.2, -0.15) is 0 Å². The summed E-state index contributed by atoms with van der Waals surface area (Å²) in [6, 6.07) is 0. The van der Waals surface area contributed by atoms with E-state index in [1.165, 1.54) is 77.0 Å². The molecular weight excluding hydrogens is 312 g/mol. The molecule has 3 nitrogen and oxygen atoms in total. The summed E-state index contributed by atoms with van der Waals surface area (Å²) in [4.78, 5) is 11.6. The van der Waals surface area contributed by atoms with Crippen LogP contribution >= 0.6 is 0 Å². The number of carbonyl (C=O) groups is 1. The second-order valence-corrected chi connectivity index (χ2v) is 7.35.